The highest BCUT2D eigenvalue weighted by Crippen LogP contribution is 2.28. The quantitative estimate of drug-likeness (QED) is 0.792. The topological polar surface area (TPSA) is 50.8 Å². The summed E-state index contributed by atoms with van der Waals surface area (Å²) in [5, 5.41) is 3.46. The Labute approximate surface area is 159 Å². The van der Waals surface area contributed by atoms with Crippen molar-refractivity contribution in [1.29, 1.82) is 0 Å². The standard InChI is InChI=1S/C20H25ClN2O3/c1-13-8-14(2)20(16(21)9-13)22-19(24)12-23(3)11-15-6-7-17(25-4)18(10-15)26-5/h6-10H,11-12H2,1-5H3,(H,22,24). The van der Waals surface area contributed by atoms with Crippen molar-refractivity contribution in [3.8, 4) is 11.5 Å². The van der Waals surface area contributed by atoms with E-state index in [9.17, 15) is 4.79 Å². The highest BCUT2D eigenvalue weighted by atomic mass is 35.5. The van der Waals surface area contributed by atoms with Gasteiger partial charge in [0, 0.05) is 6.54 Å². The number of hydrogen-bond acceptors (Lipinski definition) is 4. The summed E-state index contributed by atoms with van der Waals surface area (Å²) in [4.78, 5) is 14.3. The highest BCUT2D eigenvalue weighted by Gasteiger charge is 2.13. The van der Waals surface area contributed by atoms with Crippen molar-refractivity contribution in [3.63, 3.8) is 0 Å². The third-order valence-electron chi connectivity index (χ3n) is 4.01. The van der Waals surface area contributed by atoms with E-state index < -0.39 is 0 Å². The molecule has 0 spiro atoms. The van der Waals surface area contributed by atoms with Gasteiger partial charge < -0.3 is 14.8 Å². The fraction of sp³-hybridized carbons (Fsp3) is 0.350. The Morgan fingerprint density at radius 2 is 1.81 bits per heavy atom. The Bertz CT molecular complexity index is 770. The molecule has 0 aromatic heterocycles. The van der Waals surface area contributed by atoms with Gasteiger partial charge in [0.15, 0.2) is 11.5 Å². The number of amides is 1. The van der Waals surface area contributed by atoms with Crippen molar-refractivity contribution in [1.82, 2.24) is 4.90 Å². The number of nitrogens with one attached hydrogen (secondary N) is 1. The number of rotatable bonds is 7. The number of nitrogens with zero attached hydrogens (tertiary/aromatic N) is 1. The molecule has 5 nitrogen and oxygen atoms in total. The van der Waals surface area contributed by atoms with Crippen LogP contribution in [-0.2, 0) is 11.3 Å². The van der Waals surface area contributed by atoms with Crippen molar-refractivity contribution in [2.45, 2.75) is 20.4 Å². The third-order valence-corrected chi connectivity index (χ3v) is 4.31. The van der Waals surface area contributed by atoms with E-state index in [1.807, 2.05) is 56.1 Å². The van der Waals surface area contributed by atoms with Gasteiger partial charge in [-0.3, -0.25) is 9.69 Å². The van der Waals surface area contributed by atoms with Crippen LogP contribution in [0, 0.1) is 13.8 Å². The summed E-state index contributed by atoms with van der Waals surface area (Å²) in [6, 6.07) is 9.56. The molecule has 26 heavy (non-hydrogen) atoms. The lowest BCUT2D eigenvalue weighted by Gasteiger charge is -2.18. The largest absolute Gasteiger partial charge is 0.493 e. The molecule has 2 aromatic rings. The first kappa shape index (κ1) is 20.1. The molecule has 1 amide bonds. The fourth-order valence-electron chi connectivity index (χ4n) is 2.84. The summed E-state index contributed by atoms with van der Waals surface area (Å²) >= 11 is 6.25. The van der Waals surface area contributed by atoms with Crippen molar-refractivity contribution >= 4 is 23.2 Å². The zero-order valence-electron chi connectivity index (χ0n) is 15.9. The minimum Gasteiger partial charge on any atom is -0.493 e. The highest BCUT2D eigenvalue weighted by molar-refractivity contribution is 6.34. The van der Waals surface area contributed by atoms with Crippen LogP contribution < -0.4 is 14.8 Å². The molecule has 6 heteroatoms. The maximum absolute atomic E-state index is 12.4. The van der Waals surface area contributed by atoms with Gasteiger partial charge in [-0.1, -0.05) is 23.7 Å². The van der Waals surface area contributed by atoms with Gasteiger partial charge in [-0.15, -0.1) is 0 Å². The average molecular weight is 377 g/mol. The summed E-state index contributed by atoms with van der Waals surface area (Å²) in [6.45, 7) is 4.76. The predicted molar refractivity (Wildman–Crippen MR) is 105 cm³/mol. The van der Waals surface area contributed by atoms with Gasteiger partial charge in [-0.25, -0.2) is 0 Å². The molecule has 0 aliphatic carbocycles. The number of methoxy groups -OCH3 is 2. The summed E-state index contributed by atoms with van der Waals surface area (Å²) in [6.07, 6.45) is 0. The first-order valence-electron chi connectivity index (χ1n) is 8.30. The van der Waals surface area contributed by atoms with E-state index in [2.05, 4.69) is 5.32 Å². The van der Waals surface area contributed by atoms with Gasteiger partial charge in [0.2, 0.25) is 5.91 Å². The Kier molecular flexibility index (Phi) is 6.89. The SMILES string of the molecule is COc1ccc(CN(C)CC(=O)Nc2c(C)cc(C)cc2Cl)cc1OC. The van der Waals surface area contributed by atoms with Crippen LogP contribution in [0.4, 0.5) is 5.69 Å². The molecule has 0 saturated heterocycles. The van der Waals surface area contributed by atoms with Gasteiger partial charge in [-0.2, -0.15) is 0 Å². The molecule has 0 aliphatic heterocycles. The van der Waals surface area contributed by atoms with Crippen molar-refractivity contribution in [2.24, 2.45) is 0 Å². The van der Waals surface area contributed by atoms with Crippen LogP contribution in [-0.4, -0.2) is 38.6 Å². The second-order valence-electron chi connectivity index (χ2n) is 6.35. The fourth-order valence-corrected chi connectivity index (χ4v) is 3.21. The van der Waals surface area contributed by atoms with Crippen LogP contribution in [0.2, 0.25) is 5.02 Å². The lowest BCUT2D eigenvalue weighted by molar-refractivity contribution is -0.117. The molecular formula is C20H25ClN2O3. The summed E-state index contributed by atoms with van der Waals surface area (Å²) in [7, 11) is 5.10. The van der Waals surface area contributed by atoms with Gasteiger partial charge >= 0.3 is 0 Å². The summed E-state index contributed by atoms with van der Waals surface area (Å²) in [5.74, 6) is 1.24. The number of benzene rings is 2. The molecule has 0 aliphatic rings. The van der Waals surface area contributed by atoms with E-state index in [0.29, 0.717) is 28.8 Å². The van der Waals surface area contributed by atoms with Crippen molar-refractivity contribution in [3.05, 3.63) is 52.0 Å². The van der Waals surface area contributed by atoms with Gasteiger partial charge in [0.25, 0.3) is 0 Å². The van der Waals surface area contributed by atoms with E-state index in [-0.39, 0.29) is 12.5 Å². The number of aryl methyl sites for hydroxylation is 2. The lowest BCUT2D eigenvalue weighted by atomic mass is 10.1. The molecule has 0 fully saturated rings. The van der Waals surface area contributed by atoms with Crippen LogP contribution in [0.15, 0.2) is 30.3 Å². The lowest BCUT2D eigenvalue weighted by Crippen LogP contribution is -2.30. The van der Waals surface area contributed by atoms with Crippen molar-refractivity contribution < 1.29 is 14.3 Å². The maximum atomic E-state index is 12.4. The van der Waals surface area contributed by atoms with E-state index in [1.54, 1.807) is 14.2 Å². The van der Waals surface area contributed by atoms with Gasteiger partial charge in [0.05, 0.1) is 31.5 Å². The Morgan fingerprint density at radius 3 is 2.42 bits per heavy atom. The van der Waals surface area contributed by atoms with Gasteiger partial charge in [0.1, 0.15) is 0 Å². The van der Waals surface area contributed by atoms with Crippen LogP contribution >= 0.6 is 11.6 Å². The molecule has 0 unspecified atom stereocenters. The number of anilines is 1. The number of ether oxygens (including phenoxy) is 2. The van der Waals surface area contributed by atoms with Crippen LogP contribution in [0.5, 0.6) is 11.5 Å². The van der Waals surface area contributed by atoms with E-state index in [1.165, 1.54) is 0 Å². The van der Waals surface area contributed by atoms with Crippen LogP contribution in [0.1, 0.15) is 16.7 Å². The molecule has 2 rings (SSSR count). The number of halogens is 1. The Hall–Kier alpha value is -2.24. The Morgan fingerprint density at radius 1 is 1.12 bits per heavy atom. The van der Waals surface area contributed by atoms with Crippen LogP contribution in [0.3, 0.4) is 0 Å². The molecule has 0 atom stereocenters. The zero-order valence-corrected chi connectivity index (χ0v) is 16.6. The molecule has 0 saturated carbocycles. The number of likely N-dealkylation sites (N-methyl/N-ethyl adjacent to an activating group) is 1. The minimum atomic E-state index is -0.109. The predicted octanol–water partition coefficient (Wildman–Crippen LogP) is 4.04. The molecule has 0 radical (unpaired) electrons. The van der Waals surface area contributed by atoms with Crippen LogP contribution in [0.25, 0.3) is 0 Å². The number of hydrogen-bond donors (Lipinski definition) is 1. The molecule has 2 aromatic carbocycles. The Balaban J connectivity index is 1.99. The molecule has 1 N–H and O–H groups in total. The number of carbonyl (C=O) groups is 1. The summed E-state index contributed by atoms with van der Waals surface area (Å²) in [5.41, 5.74) is 3.71. The smallest absolute Gasteiger partial charge is 0.238 e. The number of carbonyl (C=O) groups excluding carboxylic acids is 1. The molecular weight excluding hydrogens is 352 g/mol. The van der Waals surface area contributed by atoms with E-state index in [0.717, 1.165) is 16.7 Å². The maximum Gasteiger partial charge on any atom is 0.238 e. The average Bonchev–Trinajstić information content (AvgIpc) is 2.57. The first-order valence-corrected chi connectivity index (χ1v) is 8.68. The second kappa shape index (κ2) is 8.92. The third kappa shape index (κ3) is 5.13. The van der Waals surface area contributed by atoms with Gasteiger partial charge in [-0.05, 0) is 55.8 Å². The first-order chi connectivity index (χ1) is 12.3. The molecule has 140 valence electrons. The van der Waals surface area contributed by atoms with E-state index >= 15 is 0 Å². The normalized spacial score (nSPS) is 10.7. The minimum absolute atomic E-state index is 0.109. The second-order valence-corrected chi connectivity index (χ2v) is 6.76. The molecule has 0 heterocycles. The monoisotopic (exact) mass is 376 g/mol. The molecule has 0 bridgehead atoms. The summed E-state index contributed by atoms with van der Waals surface area (Å²) < 4.78 is 10.6. The van der Waals surface area contributed by atoms with Crippen molar-refractivity contribution in [2.75, 3.05) is 33.1 Å². The zero-order chi connectivity index (χ0) is 19.3. The van der Waals surface area contributed by atoms with E-state index in [4.69, 9.17) is 21.1 Å².